The molecule has 136 valence electrons. The molecule has 0 saturated carbocycles. The number of hydrogen-bond donors (Lipinski definition) is 0. The van der Waals surface area contributed by atoms with Gasteiger partial charge in [0, 0.05) is 24.2 Å². The Morgan fingerprint density at radius 3 is 2.00 bits per heavy atom. The predicted molar refractivity (Wildman–Crippen MR) is 106 cm³/mol. The van der Waals surface area contributed by atoms with Gasteiger partial charge in [-0.1, -0.05) is 36.4 Å². The summed E-state index contributed by atoms with van der Waals surface area (Å²) in [5.41, 5.74) is 3.30. The average molecular weight is 351 g/mol. The zero-order valence-corrected chi connectivity index (χ0v) is 16.0. The van der Waals surface area contributed by atoms with Gasteiger partial charge in [0.2, 0.25) is 0 Å². The van der Waals surface area contributed by atoms with Gasteiger partial charge in [-0.3, -0.25) is 0 Å². The van der Waals surface area contributed by atoms with Gasteiger partial charge >= 0.3 is 0 Å². The van der Waals surface area contributed by atoms with Gasteiger partial charge in [0.25, 0.3) is 0 Å². The molecule has 3 aromatic rings. The van der Waals surface area contributed by atoms with Gasteiger partial charge < -0.3 is 19.1 Å². The lowest BCUT2D eigenvalue weighted by atomic mass is 9.91. The molecule has 0 unspecified atom stereocenters. The molecule has 0 radical (unpaired) electrons. The Labute approximate surface area is 154 Å². The van der Waals surface area contributed by atoms with Crippen LogP contribution >= 0.6 is 0 Å². The highest BCUT2D eigenvalue weighted by Gasteiger charge is 2.20. The van der Waals surface area contributed by atoms with Crippen LogP contribution in [0.2, 0.25) is 0 Å². The molecule has 0 heterocycles. The second kappa shape index (κ2) is 7.67. The molecule has 4 nitrogen and oxygen atoms in total. The van der Waals surface area contributed by atoms with Crippen molar-refractivity contribution in [3.05, 3.63) is 54.1 Å². The molecule has 0 fully saturated rings. The molecule has 0 N–H and O–H groups in total. The van der Waals surface area contributed by atoms with Crippen molar-refractivity contribution in [1.82, 2.24) is 4.90 Å². The van der Waals surface area contributed by atoms with E-state index < -0.39 is 0 Å². The highest BCUT2D eigenvalue weighted by atomic mass is 16.5. The summed E-state index contributed by atoms with van der Waals surface area (Å²) in [6, 6.07) is 16.5. The van der Waals surface area contributed by atoms with Crippen LogP contribution in [-0.4, -0.2) is 40.3 Å². The molecule has 0 spiro atoms. The summed E-state index contributed by atoms with van der Waals surface area (Å²) in [5, 5.41) is 2.36. The first-order valence-corrected chi connectivity index (χ1v) is 8.54. The van der Waals surface area contributed by atoms with Gasteiger partial charge in [-0.2, -0.15) is 0 Å². The summed E-state index contributed by atoms with van der Waals surface area (Å²) in [4.78, 5) is 2.16. The Bertz CT molecular complexity index is 893. The Kier molecular flexibility index (Phi) is 5.33. The first-order valence-electron chi connectivity index (χ1n) is 8.54. The monoisotopic (exact) mass is 351 g/mol. The van der Waals surface area contributed by atoms with Gasteiger partial charge in [0.05, 0.1) is 26.9 Å². The van der Waals surface area contributed by atoms with E-state index in [1.807, 2.05) is 12.1 Å². The van der Waals surface area contributed by atoms with Crippen LogP contribution in [0, 0.1) is 0 Å². The Morgan fingerprint density at radius 1 is 0.769 bits per heavy atom. The lowest BCUT2D eigenvalue weighted by Crippen LogP contribution is -2.12. The molecule has 0 amide bonds. The van der Waals surface area contributed by atoms with E-state index in [-0.39, 0.29) is 0 Å². The third-order valence-electron chi connectivity index (χ3n) is 4.47. The average Bonchev–Trinajstić information content (AvgIpc) is 2.66. The molecule has 3 rings (SSSR count). The fraction of sp³-hybridized carbons (Fsp3) is 0.273. The molecule has 0 aromatic heterocycles. The zero-order chi connectivity index (χ0) is 18.7. The number of benzene rings is 3. The van der Waals surface area contributed by atoms with Crippen LogP contribution in [0.1, 0.15) is 5.56 Å². The zero-order valence-electron chi connectivity index (χ0n) is 16.0. The third kappa shape index (κ3) is 3.33. The van der Waals surface area contributed by atoms with Crippen molar-refractivity contribution in [2.45, 2.75) is 6.54 Å². The second-order valence-electron chi connectivity index (χ2n) is 6.47. The fourth-order valence-electron chi connectivity index (χ4n) is 3.34. The number of fused-ring (bicyclic) bond motifs is 1. The van der Waals surface area contributed by atoms with Crippen LogP contribution < -0.4 is 14.2 Å². The quantitative estimate of drug-likeness (QED) is 0.650. The van der Waals surface area contributed by atoms with Crippen LogP contribution in [0.25, 0.3) is 21.9 Å². The van der Waals surface area contributed by atoms with E-state index in [9.17, 15) is 0 Å². The minimum atomic E-state index is 0.705. The lowest BCUT2D eigenvalue weighted by Gasteiger charge is -2.21. The number of methoxy groups -OCH3 is 3. The van der Waals surface area contributed by atoms with E-state index in [0.717, 1.165) is 29.2 Å². The molecule has 4 heteroatoms. The minimum absolute atomic E-state index is 0.705. The normalized spacial score (nSPS) is 11.0. The lowest BCUT2D eigenvalue weighted by molar-refractivity contribution is 0.377. The Hall–Kier alpha value is -2.72. The summed E-state index contributed by atoms with van der Waals surface area (Å²) >= 11 is 0. The number of nitrogens with zero attached hydrogens (tertiary/aromatic N) is 1. The maximum Gasteiger partial charge on any atom is 0.134 e. The van der Waals surface area contributed by atoms with Crippen molar-refractivity contribution >= 4 is 10.8 Å². The van der Waals surface area contributed by atoms with Gasteiger partial charge in [-0.05, 0) is 30.4 Å². The van der Waals surface area contributed by atoms with Crippen LogP contribution in [-0.2, 0) is 6.54 Å². The number of rotatable bonds is 6. The van der Waals surface area contributed by atoms with Gasteiger partial charge in [0.15, 0.2) is 0 Å². The maximum absolute atomic E-state index is 5.72. The van der Waals surface area contributed by atoms with Crippen LogP contribution in [0.5, 0.6) is 17.2 Å². The van der Waals surface area contributed by atoms with Crippen molar-refractivity contribution in [3.63, 3.8) is 0 Å². The van der Waals surface area contributed by atoms with E-state index in [0.29, 0.717) is 5.75 Å². The third-order valence-corrected chi connectivity index (χ3v) is 4.47. The van der Waals surface area contributed by atoms with Crippen molar-refractivity contribution in [3.8, 4) is 28.4 Å². The largest absolute Gasteiger partial charge is 0.496 e. The predicted octanol–water partition coefficient (Wildman–Crippen LogP) is 4.59. The molecule has 0 aliphatic heterocycles. The van der Waals surface area contributed by atoms with Gasteiger partial charge in [-0.25, -0.2) is 0 Å². The second-order valence-corrected chi connectivity index (χ2v) is 6.47. The molecule has 0 saturated heterocycles. The Balaban J connectivity index is 2.40. The molecule has 26 heavy (non-hydrogen) atoms. The summed E-state index contributed by atoms with van der Waals surface area (Å²) in [6.45, 7) is 0.818. The highest BCUT2D eigenvalue weighted by Crippen LogP contribution is 2.46. The fourth-order valence-corrected chi connectivity index (χ4v) is 3.34. The van der Waals surface area contributed by atoms with E-state index in [1.165, 1.54) is 16.3 Å². The molecule has 0 aliphatic rings. The molecular formula is C22H25NO3. The minimum Gasteiger partial charge on any atom is -0.496 e. The first kappa shape index (κ1) is 18.1. The van der Waals surface area contributed by atoms with Crippen molar-refractivity contribution in [2.75, 3.05) is 35.4 Å². The van der Waals surface area contributed by atoms with E-state index >= 15 is 0 Å². The molecule has 0 atom stereocenters. The molecule has 0 bridgehead atoms. The smallest absolute Gasteiger partial charge is 0.134 e. The summed E-state index contributed by atoms with van der Waals surface area (Å²) in [7, 11) is 9.13. The number of hydrogen-bond acceptors (Lipinski definition) is 4. The van der Waals surface area contributed by atoms with Gasteiger partial charge in [-0.15, -0.1) is 0 Å². The van der Waals surface area contributed by atoms with E-state index in [2.05, 4.69) is 55.4 Å². The van der Waals surface area contributed by atoms with E-state index in [4.69, 9.17) is 14.2 Å². The highest BCUT2D eigenvalue weighted by molar-refractivity contribution is 6.01. The van der Waals surface area contributed by atoms with Crippen molar-refractivity contribution in [2.24, 2.45) is 0 Å². The number of ether oxygens (including phenoxy) is 3. The topological polar surface area (TPSA) is 30.9 Å². The van der Waals surface area contributed by atoms with Crippen molar-refractivity contribution in [1.29, 1.82) is 0 Å². The first-order chi connectivity index (χ1) is 12.6. The van der Waals surface area contributed by atoms with Gasteiger partial charge in [0.1, 0.15) is 17.2 Å². The van der Waals surface area contributed by atoms with E-state index in [1.54, 1.807) is 21.3 Å². The van der Waals surface area contributed by atoms with Crippen LogP contribution in [0.3, 0.4) is 0 Å². The van der Waals surface area contributed by atoms with Crippen LogP contribution in [0.4, 0.5) is 0 Å². The molecule has 0 aliphatic carbocycles. The summed E-state index contributed by atoms with van der Waals surface area (Å²) < 4.78 is 16.8. The summed E-state index contributed by atoms with van der Waals surface area (Å²) in [6.07, 6.45) is 0. The van der Waals surface area contributed by atoms with Crippen molar-refractivity contribution < 1.29 is 14.2 Å². The molecular weight excluding hydrogens is 326 g/mol. The Morgan fingerprint density at radius 2 is 1.42 bits per heavy atom. The molecule has 3 aromatic carbocycles. The standard InChI is InChI=1S/C22H25NO3/c1-23(2)14-16-11-10-15-8-6-7-9-18(15)21(16)22-19(25-4)12-17(24-3)13-20(22)26-5/h6-13H,14H2,1-5H3. The maximum atomic E-state index is 5.72. The van der Waals surface area contributed by atoms with Crippen LogP contribution in [0.15, 0.2) is 48.5 Å². The SMILES string of the molecule is COc1cc(OC)c(-c2c(CN(C)C)ccc3ccccc23)c(OC)c1. The summed E-state index contributed by atoms with van der Waals surface area (Å²) in [5.74, 6) is 2.17.